The van der Waals surface area contributed by atoms with Crippen molar-refractivity contribution in [3.05, 3.63) is 29.8 Å². The molecule has 0 aromatic heterocycles. The highest BCUT2D eigenvalue weighted by Crippen LogP contribution is 2.44. The monoisotopic (exact) mass is 237 g/mol. The maximum Gasteiger partial charge on any atom is 0.0879 e. The van der Waals surface area contributed by atoms with Gasteiger partial charge in [0.05, 0.1) is 10.0 Å². The third-order valence-electron chi connectivity index (χ3n) is 2.54. The van der Waals surface area contributed by atoms with E-state index >= 15 is 0 Å². The van der Waals surface area contributed by atoms with Crippen molar-refractivity contribution in [2.24, 2.45) is 4.99 Å². The summed E-state index contributed by atoms with van der Waals surface area (Å²) in [6.07, 6.45) is 0.996. The number of para-hydroxylation sites is 1. The molecule has 1 aromatic rings. The van der Waals surface area contributed by atoms with Crippen LogP contribution in [0.15, 0.2) is 29.3 Å². The molecule has 1 aliphatic rings. The second-order valence-electron chi connectivity index (χ2n) is 3.43. The summed E-state index contributed by atoms with van der Waals surface area (Å²) in [4.78, 5) is 4.59. The molecule has 0 fully saturated rings. The van der Waals surface area contributed by atoms with Crippen molar-refractivity contribution in [1.29, 1.82) is 0 Å². The minimum absolute atomic E-state index is 0.0433. The summed E-state index contributed by atoms with van der Waals surface area (Å²) in [7, 11) is 0. The lowest BCUT2D eigenvalue weighted by atomic mass is 9.96. The van der Waals surface area contributed by atoms with E-state index in [4.69, 9.17) is 0 Å². The van der Waals surface area contributed by atoms with Gasteiger partial charge in [-0.05, 0) is 25.0 Å². The van der Waals surface area contributed by atoms with Gasteiger partial charge in [-0.15, -0.1) is 0 Å². The first-order valence-electron chi connectivity index (χ1n) is 4.52. The minimum atomic E-state index is -0.0433. The van der Waals surface area contributed by atoms with Crippen LogP contribution in [-0.2, 0) is 4.32 Å². The Labute approximate surface area is 87.0 Å². The van der Waals surface area contributed by atoms with Gasteiger partial charge in [-0.2, -0.15) is 0 Å². The first-order chi connectivity index (χ1) is 6.16. The van der Waals surface area contributed by atoms with Crippen LogP contribution in [0.2, 0.25) is 0 Å². The Morgan fingerprint density at radius 3 is 2.69 bits per heavy atom. The number of hydrogen-bond acceptors (Lipinski definition) is 1. The van der Waals surface area contributed by atoms with E-state index in [1.165, 1.54) is 11.3 Å². The zero-order chi connectivity index (χ0) is 9.47. The molecule has 0 amide bonds. The van der Waals surface area contributed by atoms with E-state index in [0.717, 1.165) is 12.1 Å². The predicted molar refractivity (Wildman–Crippen MR) is 60.1 cm³/mol. The van der Waals surface area contributed by atoms with Crippen LogP contribution in [0.3, 0.4) is 0 Å². The topological polar surface area (TPSA) is 12.4 Å². The Kier molecular flexibility index (Phi) is 2.03. The summed E-state index contributed by atoms with van der Waals surface area (Å²) < 4.78 is -0.0433. The summed E-state index contributed by atoms with van der Waals surface area (Å²) >= 11 is 3.74. The van der Waals surface area contributed by atoms with Crippen LogP contribution >= 0.6 is 15.9 Å². The molecule has 1 aromatic carbocycles. The highest BCUT2D eigenvalue weighted by Gasteiger charge is 2.34. The van der Waals surface area contributed by atoms with Crippen molar-refractivity contribution in [1.82, 2.24) is 0 Å². The molecule has 0 aliphatic carbocycles. The molecule has 1 heterocycles. The second kappa shape index (κ2) is 2.95. The van der Waals surface area contributed by atoms with E-state index in [0.29, 0.717) is 0 Å². The van der Waals surface area contributed by atoms with Crippen molar-refractivity contribution in [2.45, 2.75) is 24.6 Å². The molecule has 2 heteroatoms. The quantitative estimate of drug-likeness (QED) is 0.660. The van der Waals surface area contributed by atoms with Gasteiger partial charge in [0.25, 0.3) is 0 Å². The Hall–Kier alpha value is -0.630. The van der Waals surface area contributed by atoms with Gasteiger partial charge in [0.15, 0.2) is 0 Å². The maximum absolute atomic E-state index is 4.59. The highest BCUT2D eigenvalue weighted by atomic mass is 79.9. The van der Waals surface area contributed by atoms with Crippen molar-refractivity contribution in [2.75, 3.05) is 0 Å². The first-order valence-corrected chi connectivity index (χ1v) is 5.32. The number of hydrogen-bond donors (Lipinski definition) is 0. The number of aliphatic imine (C=N–C) groups is 1. The summed E-state index contributed by atoms with van der Waals surface area (Å²) in [6.45, 7) is 4.31. The van der Waals surface area contributed by atoms with Gasteiger partial charge in [0.2, 0.25) is 0 Å². The van der Waals surface area contributed by atoms with Gasteiger partial charge >= 0.3 is 0 Å². The Morgan fingerprint density at radius 1 is 1.38 bits per heavy atom. The van der Waals surface area contributed by atoms with E-state index in [1.807, 2.05) is 6.07 Å². The molecule has 68 valence electrons. The summed E-state index contributed by atoms with van der Waals surface area (Å²) in [5.74, 6) is 0. The SMILES string of the molecule is CCC1=Nc2ccccc2C1(C)Br. The largest absolute Gasteiger partial charge is 0.256 e. The van der Waals surface area contributed by atoms with Crippen LogP contribution in [0, 0.1) is 0 Å². The van der Waals surface area contributed by atoms with Crippen molar-refractivity contribution >= 4 is 27.3 Å². The average molecular weight is 238 g/mol. The Balaban J connectivity index is 2.58. The maximum atomic E-state index is 4.59. The zero-order valence-electron chi connectivity index (χ0n) is 7.84. The fraction of sp³-hybridized carbons (Fsp3) is 0.364. The van der Waals surface area contributed by atoms with Crippen LogP contribution < -0.4 is 0 Å². The molecule has 0 saturated carbocycles. The zero-order valence-corrected chi connectivity index (χ0v) is 9.43. The summed E-state index contributed by atoms with van der Waals surface area (Å²) in [5, 5.41) is 0. The van der Waals surface area contributed by atoms with Crippen LogP contribution in [0.25, 0.3) is 0 Å². The number of nitrogens with zero attached hydrogens (tertiary/aromatic N) is 1. The number of alkyl halides is 1. The standard InChI is InChI=1S/C11H12BrN/c1-3-10-11(2,12)8-6-4-5-7-9(8)13-10/h4-7H,3H2,1-2H3. The van der Waals surface area contributed by atoms with E-state index in [1.54, 1.807) is 0 Å². The van der Waals surface area contributed by atoms with E-state index < -0.39 is 0 Å². The van der Waals surface area contributed by atoms with Crippen LogP contribution in [0.5, 0.6) is 0 Å². The van der Waals surface area contributed by atoms with Crippen molar-refractivity contribution < 1.29 is 0 Å². The van der Waals surface area contributed by atoms with Gasteiger partial charge in [0.1, 0.15) is 0 Å². The third-order valence-corrected chi connectivity index (χ3v) is 3.43. The molecular formula is C11H12BrN. The fourth-order valence-corrected chi connectivity index (χ4v) is 2.49. The smallest absolute Gasteiger partial charge is 0.0879 e. The number of rotatable bonds is 1. The number of halogens is 1. The van der Waals surface area contributed by atoms with Crippen molar-refractivity contribution in [3.8, 4) is 0 Å². The molecule has 1 nitrogen and oxygen atoms in total. The van der Waals surface area contributed by atoms with Gasteiger partial charge in [-0.3, -0.25) is 4.99 Å². The van der Waals surface area contributed by atoms with Gasteiger partial charge in [-0.1, -0.05) is 41.1 Å². The van der Waals surface area contributed by atoms with Crippen LogP contribution in [0.1, 0.15) is 25.8 Å². The number of benzene rings is 1. The fourth-order valence-electron chi connectivity index (χ4n) is 1.79. The minimum Gasteiger partial charge on any atom is -0.256 e. The Morgan fingerprint density at radius 2 is 2.08 bits per heavy atom. The number of fused-ring (bicyclic) bond motifs is 1. The molecule has 0 saturated heterocycles. The molecule has 2 rings (SSSR count). The third kappa shape index (κ3) is 1.24. The van der Waals surface area contributed by atoms with Gasteiger partial charge < -0.3 is 0 Å². The molecule has 1 atom stereocenters. The predicted octanol–water partition coefficient (Wildman–Crippen LogP) is 3.79. The summed E-state index contributed by atoms with van der Waals surface area (Å²) in [6, 6.07) is 8.30. The Bertz CT molecular complexity index is 366. The molecule has 0 N–H and O–H groups in total. The second-order valence-corrected chi connectivity index (χ2v) is 5.02. The molecule has 0 bridgehead atoms. The molecular weight excluding hydrogens is 226 g/mol. The normalized spacial score (nSPS) is 25.6. The molecule has 0 radical (unpaired) electrons. The molecule has 0 spiro atoms. The van der Waals surface area contributed by atoms with Crippen molar-refractivity contribution in [3.63, 3.8) is 0 Å². The van der Waals surface area contributed by atoms with Gasteiger partial charge in [-0.25, -0.2) is 0 Å². The summed E-state index contributed by atoms with van der Waals surface area (Å²) in [5.41, 5.74) is 3.61. The lowest BCUT2D eigenvalue weighted by Crippen LogP contribution is -2.20. The van der Waals surface area contributed by atoms with Gasteiger partial charge in [0, 0.05) is 5.71 Å². The lowest BCUT2D eigenvalue weighted by Gasteiger charge is -2.18. The van der Waals surface area contributed by atoms with E-state index in [-0.39, 0.29) is 4.32 Å². The average Bonchev–Trinajstić information content (AvgIpc) is 2.39. The van der Waals surface area contributed by atoms with Crippen LogP contribution in [-0.4, -0.2) is 5.71 Å². The molecule has 1 unspecified atom stereocenters. The first kappa shape index (κ1) is 8.95. The van der Waals surface area contributed by atoms with E-state index in [2.05, 4.69) is 53.0 Å². The molecule has 1 aliphatic heterocycles. The highest BCUT2D eigenvalue weighted by molar-refractivity contribution is 9.10. The van der Waals surface area contributed by atoms with Crippen LogP contribution in [0.4, 0.5) is 5.69 Å². The lowest BCUT2D eigenvalue weighted by molar-refractivity contribution is 0.954. The van der Waals surface area contributed by atoms with E-state index in [9.17, 15) is 0 Å². The molecule has 13 heavy (non-hydrogen) atoms.